The van der Waals surface area contributed by atoms with Gasteiger partial charge in [0.15, 0.2) is 0 Å². The highest BCUT2D eigenvalue weighted by Gasteiger charge is 2.10. The van der Waals surface area contributed by atoms with E-state index in [0.717, 1.165) is 15.8 Å². The Bertz CT molecular complexity index is 635. The molecule has 0 saturated heterocycles. The predicted molar refractivity (Wildman–Crippen MR) is 85.0 cm³/mol. The Kier molecular flexibility index (Phi) is 5.22. The topological polar surface area (TPSA) is 51.5 Å². The Balaban J connectivity index is 1.99. The van der Waals surface area contributed by atoms with Crippen molar-refractivity contribution in [3.8, 4) is 5.75 Å². The molecule has 0 unspecified atom stereocenters. The van der Waals surface area contributed by atoms with Crippen LogP contribution >= 0.6 is 15.9 Å². The van der Waals surface area contributed by atoms with Crippen molar-refractivity contribution in [1.82, 2.24) is 5.32 Å². The van der Waals surface area contributed by atoms with E-state index in [9.17, 15) is 4.79 Å². The van der Waals surface area contributed by atoms with Crippen molar-refractivity contribution < 1.29 is 13.9 Å². The first-order valence-electron chi connectivity index (χ1n) is 6.45. The van der Waals surface area contributed by atoms with E-state index in [1.54, 1.807) is 31.6 Å². The molecule has 2 aromatic rings. The maximum atomic E-state index is 11.9. The highest BCUT2D eigenvalue weighted by Crippen LogP contribution is 2.27. The number of furan rings is 1. The van der Waals surface area contributed by atoms with Gasteiger partial charge in [-0.3, -0.25) is 4.79 Å². The number of hydrogen-bond donors (Lipinski definition) is 1. The molecule has 1 N–H and O–H groups in total. The summed E-state index contributed by atoms with van der Waals surface area (Å²) in [6.07, 6.45) is 4.65. The third kappa shape index (κ3) is 4.23. The maximum Gasteiger partial charge on any atom is 0.244 e. The highest BCUT2D eigenvalue weighted by atomic mass is 79.9. The van der Waals surface area contributed by atoms with E-state index in [-0.39, 0.29) is 11.9 Å². The molecule has 1 atom stereocenters. The number of hydrogen-bond acceptors (Lipinski definition) is 3. The standard InChI is InChI=1S/C16H16BrNO3/c1-11(12-5-7-15(20-2)14(17)10-12)18-16(19)8-6-13-4-3-9-21-13/h3-11H,1-2H3,(H,18,19)/b8-6+/t11-/m0/s1. The number of benzene rings is 1. The van der Waals surface area contributed by atoms with Gasteiger partial charge in [0.05, 0.1) is 23.9 Å². The Morgan fingerprint density at radius 1 is 1.43 bits per heavy atom. The first-order chi connectivity index (χ1) is 10.1. The van der Waals surface area contributed by atoms with Crippen LogP contribution in [0.1, 0.15) is 24.3 Å². The van der Waals surface area contributed by atoms with Crippen LogP contribution in [0.5, 0.6) is 5.75 Å². The Labute approximate surface area is 131 Å². The first-order valence-corrected chi connectivity index (χ1v) is 7.25. The van der Waals surface area contributed by atoms with Crippen LogP contribution in [0.3, 0.4) is 0 Å². The molecule has 0 aliphatic rings. The molecule has 21 heavy (non-hydrogen) atoms. The van der Waals surface area contributed by atoms with Gasteiger partial charge in [-0.15, -0.1) is 0 Å². The van der Waals surface area contributed by atoms with Crippen molar-refractivity contribution in [3.05, 3.63) is 58.5 Å². The fourth-order valence-corrected chi connectivity index (χ4v) is 2.40. The van der Waals surface area contributed by atoms with Crippen LogP contribution in [0.2, 0.25) is 0 Å². The summed E-state index contributed by atoms with van der Waals surface area (Å²) in [6.45, 7) is 1.92. The number of carbonyl (C=O) groups excluding carboxylic acids is 1. The van der Waals surface area contributed by atoms with Gasteiger partial charge in [0.25, 0.3) is 0 Å². The smallest absolute Gasteiger partial charge is 0.244 e. The molecule has 1 aromatic heterocycles. The number of methoxy groups -OCH3 is 1. The summed E-state index contributed by atoms with van der Waals surface area (Å²) >= 11 is 3.43. The molecule has 0 aliphatic heterocycles. The van der Waals surface area contributed by atoms with Gasteiger partial charge in [-0.1, -0.05) is 6.07 Å². The van der Waals surface area contributed by atoms with Gasteiger partial charge in [0.2, 0.25) is 5.91 Å². The zero-order valence-electron chi connectivity index (χ0n) is 11.8. The van der Waals surface area contributed by atoms with E-state index >= 15 is 0 Å². The second-order valence-electron chi connectivity index (χ2n) is 4.47. The lowest BCUT2D eigenvalue weighted by atomic mass is 10.1. The molecule has 1 heterocycles. The van der Waals surface area contributed by atoms with Gasteiger partial charge >= 0.3 is 0 Å². The van der Waals surface area contributed by atoms with Crippen molar-refractivity contribution in [2.75, 3.05) is 7.11 Å². The number of carbonyl (C=O) groups is 1. The van der Waals surface area contributed by atoms with Crippen molar-refractivity contribution >= 4 is 27.9 Å². The fourth-order valence-electron chi connectivity index (χ4n) is 1.84. The van der Waals surface area contributed by atoms with E-state index in [1.165, 1.54) is 6.08 Å². The molecule has 0 spiro atoms. The summed E-state index contributed by atoms with van der Waals surface area (Å²) in [6, 6.07) is 9.16. The maximum absolute atomic E-state index is 11.9. The normalized spacial score (nSPS) is 12.3. The second-order valence-corrected chi connectivity index (χ2v) is 5.33. The van der Waals surface area contributed by atoms with E-state index in [2.05, 4.69) is 21.2 Å². The molecule has 0 saturated carbocycles. The molecular weight excluding hydrogens is 334 g/mol. The zero-order chi connectivity index (χ0) is 15.2. The minimum absolute atomic E-state index is 0.110. The van der Waals surface area contributed by atoms with Gasteiger partial charge in [-0.2, -0.15) is 0 Å². The van der Waals surface area contributed by atoms with Crippen LogP contribution in [-0.4, -0.2) is 13.0 Å². The number of amides is 1. The van der Waals surface area contributed by atoms with Crippen LogP contribution in [0, 0.1) is 0 Å². The molecule has 0 radical (unpaired) electrons. The van der Waals surface area contributed by atoms with E-state index in [4.69, 9.17) is 9.15 Å². The highest BCUT2D eigenvalue weighted by molar-refractivity contribution is 9.10. The summed E-state index contributed by atoms with van der Waals surface area (Å²) in [5.74, 6) is 1.23. The summed E-state index contributed by atoms with van der Waals surface area (Å²) < 4.78 is 11.2. The van der Waals surface area contributed by atoms with Gasteiger partial charge in [-0.05, 0) is 58.8 Å². The Morgan fingerprint density at radius 3 is 2.86 bits per heavy atom. The molecule has 1 amide bonds. The lowest BCUT2D eigenvalue weighted by Gasteiger charge is -2.14. The minimum Gasteiger partial charge on any atom is -0.496 e. The third-order valence-electron chi connectivity index (χ3n) is 2.98. The molecule has 110 valence electrons. The van der Waals surface area contributed by atoms with Crippen molar-refractivity contribution in [2.45, 2.75) is 13.0 Å². The number of rotatable bonds is 5. The molecule has 0 fully saturated rings. The molecular formula is C16H16BrNO3. The predicted octanol–water partition coefficient (Wildman–Crippen LogP) is 3.94. The molecule has 0 bridgehead atoms. The average Bonchev–Trinajstić information content (AvgIpc) is 2.98. The largest absolute Gasteiger partial charge is 0.496 e. The van der Waals surface area contributed by atoms with E-state index in [1.807, 2.05) is 25.1 Å². The summed E-state index contributed by atoms with van der Waals surface area (Å²) in [4.78, 5) is 11.9. The summed E-state index contributed by atoms with van der Waals surface area (Å²) in [7, 11) is 1.62. The SMILES string of the molecule is COc1ccc([C@H](C)NC(=O)/C=C/c2ccco2)cc1Br. The van der Waals surface area contributed by atoms with Crippen LogP contribution in [0.25, 0.3) is 6.08 Å². The lowest BCUT2D eigenvalue weighted by Crippen LogP contribution is -2.24. The first kappa shape index (κ1) is 15.4. The van der Waals surface area contributed by atoms with Gasteiger partial charge in [0, 0.05) is 6.08 Å². The van der Waals surface area contributed by atoms with Crippen LogP contribution in [-0.2, 0) is 4.79 Å². The fraction of sp³-hybridized carbons (Fsp3) is 0.188. The summed E-state index contributed by atoms with van der Waals surface area (Å²) in [5, 5.41) is 2.89. The van der Waals surface area contributed by atoms with Crippen LogP contribution in [0.4, 0.5) is 0 Å². The number of halogens is 1. The number of ether oxygens (including phenoxy) is 1. The van der Waals surface area contributed by atoms with Gasteiger partial charge in [0.1, 0.15) is 11.5 Å². The number of nitrogens with one attached hydrogen (secondary N) is 1. The van der Waals surface area contributed by atoms with E-state index in [0.29, 0.717) is 5.76 Å². The Morgan fingerprint density at radius 2 is 2.24 bits per heavy atom. The van der Waals surface area contributed by atoms with Gasteiger partial charge in [-0.25, -0.2) is 0 Å². The zero-order valence-corrected chi connectivity index (χ0v) is 13.4. The minimum atomic E-state index is -0.175. The molecule has 2 rings (SSSR count). The van der Waals surface area contributed by atoms with Crippen LogP contribution in [0.15, 0.2) is 51.6 Å². The molecule has 4 nitrogen and oxygen atoms in total. The quantitative estimate of drug-likeness (QED) is 0.831. The Hall–Kier alpha value is -2.01. The van der Waals surface area contributed by atoms with Crippen molar-refractivity contribution in [3.63, 3.8) is 0 Å². The van der Waals surface area contributed by atoms with Crippen molar-refractivity contribution in [2.24, 2.45) is 0 Å². The second kappa shape index (κ2) is 7.13. The van der Waals surface area contributed by atoms with Crippen LogP contribution < -0.4 is 10.1 Å². The molecule has 1 aromatic carbocycles. The third-order valence-corrected chi connectivity index (χ3v) is 3.60. The summed E-state index contributed by atoms with van der Waals surface area (Å²) in [5.41, 5.74) is 0.988. The van der Waals surface area contributed by atoms with Crippen molar-refractivity contribution in [1.29, 1.82) is 0 Å². The monoisotopic (exact) mass is 349 g/mol. The molecule has 0 aliphatic carbocycles. The van der Waals surface area contributed by atoms with E-state index < -0.39 is 0 Å². The van der Waals surface area contributed by atoms with Gasteiger partial charge < -0.3 is 14.5 Å². The lowest BCUT2D eigenvalue weighted by molar-refractivity contribution is -0.117. The average molecular weight is 350 g/mol. The molecule has 5 heteroatoms.